The van der Waals surface area contributed by atoms with Crippen LogP contribution in [0.2, 0.25) is 0 Å². The van der Waals surface area contributed by atoms with Crippen molar-refractivity contribution >= 4 is 28.9 Å². The fraction of sp³-hybridized carbons (Fsp3) is 0.242. The van der Waals surface area contributed by atoms with Crippen LogP contribution in [-0.4, -0.2) is 52.8 Å². The van der Waals surface area contributed by atoms with E-state index in [1.54, 1.807) is 29.4 Å². The number of pyridine rings is 1. The zero-order valence-corrected chi connectivity index (χ0v) is 23.8. The number of nitro groups is 1. The topological polar surface area (TPSA) is 135 Å². The molecule has 0 unspecified atom stereocenters. The molecule has 3 aromatic carbocycles. The summed E-state index contributed by atoms with van der Waals surface area (Å²) in [5, 5.41) is 14.1. The number of nitrogens with one attached hydrogen (secondary N) is 1. The zero-order chi connectivity index (χ0) is 30.2. The number of hydrogen-bond acceptors (Lipinski definition) is 7. The van der Waals surface area contributed by atoms with Crippen molar-refractivity contribution in [2.24, 2.45) is 5.73 Å². The van der Waals surface area contributed by atoms with Gasteiger partial charge in [-0.05, 0) is 85.0 Å². The highest BCUT2D eigenvalue weighted by Crippen LogP contribution is 2.34. The minimum Gasteiger partial charge on any atom is -0.370 e. The Bertz CT molecular complexity index is 1590. The fourth-order valence-electron chi connectivity index (χ4n) is 5.25. The number of carbonyl (C=O) groups is 2. The molecule has 0 radical (unpaired) electrons. The summed E-state index contributed by atoms with van der Waals surface area (Å²) in [6, 6.07) is 23.1. The molecule has 2 heterocycles. The van der Waals surface area contributed by atoms with E-state index >= 15 is 0 Å². The highest BCUT2D eigenvalue weighted by atomic mass is 16.6. The molecule has 4 aromatic rings. The van der Waals surface area contributed by atoms with Crippen LogP contribution in [-0.2, 0) is 6.54 Å². The standard InChI is InChI=1S/C33H34N6O4/c34-15-5-19-38(33(41)28-8-4-16-35-22-28)23-24-6-3-7-26(20-24)27-11-14-31(37-17-1-2-18-37)30(21-27)36-32(40)25-9-12-29(13-10-25)39(42)43/h3-4,6-14,16,20-22H,1-2,5,15,17-19,23,34H2,(H,36,40). The molecule has 1 aliphatic heterocycles. The first-order valence-electron chi connectivity index (χ1n) is 14.4. The van der Waals surface area contributed by atoms with Crippen molar-refractivity contribution in [1.82, 2.24) is 9.88 Å². The molecule has 3 N–H and O–H groups in total. The summed E-state index contributed by atoms with van der Waals surface area (Å²) in [6.07, 6.45) is 6.06. The van der Waals surface area contributed by atoms with Gasteiger partial charge in [-0.1, -0.05) is 24.3 Å². The largest absolute Gasteiger partial charge is 0.370 e. The molecule has 2 amide bonds. The molecule has 1 aromatic heterocycles. The second kappa shape index (κ2) is 13.7. The Kier molecular flexibility index (Phi) is 9.38. The Morgan fingerprint density at radius 2 is 1.72 bits per heavy atom. The average molecular weight is 579 g/mol. The van der Waals surface area contributed by atoms with E-state index in [-0.39, 0.29) is 17.5 Å². The second-order valence-electron chi connectivity index (χ2n) is 10.5. The van der Waals surface area contributed by atoms with Crippen LogP contribution in [0.4, 0.5) is 17.1 Å². The number of nitro benzene ring substituents is 1. The zero-order valence-electron chi connectivity index (χ0n) is 23.8. The molecule has 1 saturated heterocycles. The summed E-state index contributed by atoms with van der Waals surface area (Å²) in [7, 11) is 0. The van der Waals surface area contributed by atoms with Gasteiger partial charge in [0.1, 0.15) is 0 Å². The lowest BCUT2D eigenvalue weighted by molar-refractivity contribution is -0.384. The van der Waals surface area contributed by atoms with Gasteiger partial charge in [0.05, 0.1) is 21.9 Å². The molecule has 0 spiro atoms. The first-order valence-corrected chi connectivity index (χ1v) is 14.4. The second-order valence-corrected chi connectivity index (χ2v) is 10.5. The van der Waals surface area contributed by atoms with Crippen molar-refractivity contribution in [3.63, 3.8) is 0 Å². The monoisotopic (exact) mass is 578 g/mol. The maximum atomic E-state index is 13.3. The molecule has 1 aliphatic rings. The third-order valence-corrected chi connectivity index (χ3v) is 7.49. The van der Waals surface area contributed by atoms with Gasteiger partial charge in [0.2, 0.25) is 0 Å². The maximum Gasteiger partial charge on any atom is 0.269 e. The van der Waals surface area contributed by atoms with Gasteiger partial charge in [-0.3, -0.25) is 24.7 Å². The van der Waals surface area contributed by atoms with Crippen LogP contribution in [0.25, 0.3) is 11.1 Å². The molecule has 5 rings (SSSR count). The number of rotatable bonds is 11. The predicted molar refractivity (Wildman–Crippen MR) is 167 cm³/mol. The van der Waals surface area contributed by atoms with E-state index in [4.69, 9.17) is 5.73 Å². The van der Waals surface area contributed by atoms with Crippen molar-refractivity contribution in [2.45, 2.75) is 25.8 Å². The van der Waals surface area contributed by atoms with Gasteiger partial charge in [-0.25, -0.2) is 0 Å². The summed E-state index contributed by atoms with van der Waals surface area (Å²) < 4.78 is 0. The number of hydrogen-bond donors (Lipinski definition) is 2. The van der Waals surface area contributed by atoms with E-state index in [9.17, 15) is 19.7 Å². The first-order chi connectivity index (χ1) is 20.9. The molecular weight excluding hydrogens is 544 g/mol. The van der Waals surface area contributed by atoms with Crippen molar-refractivity contribution in [3.05, 3.63) is 118 Å². The Balaban J connectivity index is 1.41. The Labute approximate surface area is 250 Å². The fourth-order valence-corrected chi connectivity index (χ4v) is 5.25. The lowest BCUT2D eigenvalue weighted by Crippen LogP contribution is -2.32. The maximum absolute atomic E-state index is 13.3. The average Bonchev–Trinajstić information content (AvgIpc) is 3.58. The first kappa shape index (κ1) is 29.4. The van der Waals surface area contributed by atoms with Crippen LogP contribution in [0.15, 0.2) is 91.3 Å². The lowest BCUT2D eigenvalue weighted by Gasteiger charge is -2.24. The van der Waals surface area contributed by atoms with E-state index < -0.39 is 4.92 Å². The number of amides is 2. The van der Waals surface area contributed by atoms with Gasteiger partial charge in [0.15, 0.2) is 0 Å². The lowest BCUT2D eigenvalue weighted by atomic mass is 10.0. The molecule has 10 nitrogen and oxygen atoms in total. The summed E-state index contributed by atoms with van der Waals surface area (Å²) in [4.78, 5) is 45.1. The number of anilines is 2. The number of nitrogens with two attached hydrogens (primary N) is 1. The third-order valence-electron chi connectivity index (χ3n) is 7.49. The van der Waals surface area contributed by atoms with E-state index in [1.165, 1.54) is 24.3 Å². The van der Waals surface area contributed by atoms with Gasteiger partial charge < -0.3 is 20.9 Å². The predicted octanol–water partition coefficient (Wildman–Crippen LogP) is 5.50. The molecule has 0 aliphatic carbocycles. The van der Waals surface area contributed by atoms with Crippen LogP contribution in [0.5, 0.6) is 0 Å². The molecule has 220 valence electrons. The van der Waals surface area contributed by atoms with Crippen LogP contribution in [0.3, 0.4) is 0 Å². The minimum absolute atomic E-state index is 0.0695. The Morgan fingerprint density at radius 1 is 0.953 bits per heavy atom. The van der Waals surface area contributed by atoms with E-state index in [0.717, 1.165) is 48.3 Å². The van der Waals surface area contributed by atoms with Gasteiger partial charge in [0.25, 0.3) is 17.5 Å². The third kappa shape index (κ3) is 7.22. The normalized spacial score (nSPS) is 12.6. The molecule has 0 saturated carbocycles. The Morgan fingerprint density at radius 3 is 2.42 bits per heavy atom. The van der Waals surface area contributed by atoms with Crippen molar-refractivity contribution < 1.29 is 14.5 Å². The number of nitrogens with zero attached hydrogens (tertiary/aromatic N) is 4. The highest BCUT2D eigenvalue weighted by molar-refractivity contribution is 6.06. The van der Waals surface area contributed by atoms with Crippen LogP contribution < -0.4 is 16.0 Å². The molecular formula is C33H34N6O4. The molecule has 0 atom stereocenters. The quantitative estimate of drug-likeness (QED) is 0.177. The molecule has 1 fully saturated rings. The van der Waals surface area contributed by atoms with Gasteiger partial charge in [-0.15, -0.1) is 0 Å². The smallest absolute Gasteiger partial charge is 0.269 e. The molecule has 43 heavy (non-hydrogen) atoms. The Hall–Kier alpha value is -5.09. The van der Waals surface area contributed by atoms with Gasteiger partial charge in [0, 0.05) is 56.3 Å². The molecule has 0 bridgehead atoms. The number of benzene rings is 3. The van der Waals surface area contributed by atoms with Crippen molar-refractivity contribution in [3.8, 4) is 11.1 Å². The summed E-state index contributed by atoms with van der Waals surface area (Å²) in [5.74, 6) is -0.441. The van der Waals surface area contributed by atoms with Gasteiger partial charge >= 0.3 is 0 Å². The van der Waals surface area contributed by atoms with Gasteiger partial charge in [-0.2, -0.15) is 0 Å². The minimum atomic E-state index is -0.489. The van der Waals surface area contributed by atoms with Crippen LogP contribution >= 0.6 is 0 Å². The summed E-state index contributed by atoms with van der Waals surface area (Å²) in [5.41, 5.74) is 11.0. The SMILES string of the molecule is NCCCN(Cc1cccc(-c2ccc(N3CCCC3)c(NC(=O)c3ccc([N+](=O)[O-])cc3)c2)c1)C(=O)c1cccnc1. The number of carbonyl (C=O) groups excluding carboxylic acids is 2. The van der Waals surface area contributed by atoms with Crippen molar-refractivity contribution in [1.29, 1.82) is 0 Å². The number of aromatic nitrogens is 1. The summed E-state index contributed by atoms with van der Waals surface area (Å²) in [6.45, 7) is 3.22. The van der Waals surface area contributed by atoms with Crippen LogP contribution in [0.1, 0.15) is 45.5 Å². The number of non-ortho nitro benzene ring substituents is 1. The highest BCUT2D eigenvalue weighted by Gasteiger charge is 2.20. The van der Waals surface area contributed by atoms with E-state index in [0.29, 0.717) is 42.9 Å². The summed E-state index contributed by atoms with van der Waals surface area (Å²) >= 11 is 0. The van der Waals surface area contributed by atoms with Crippen molar-refractivity contribution in [2.75, 3.05) is 36.4 Å². The van der Waals surface area contributed by atoms with E-state index in [1.807, 2.05) is 36.4 Å². The van der Waals surface area contributed by atoms with Crippen LogP contribution in [0, 0.1) is 10.1 Å². The molecule has 10 heteroatoms. The van der Waals surface area contributed by atoms with E-state index in [2.05, 4.69) is 21.3 Å².